The molecule has 0 aliphatic heterocycles. The monoisotopic (exact) mass is 678 g/mol. The molecule has 0 N–H and O–H groups in total. The van der Waals surface area contributed by atoms with Gasteiger partial charge in [-0.2, -0.15) is 0 Å². The van der Waals surface area contributed by atoms with E-state index in [1.807, 2.05) is 18.5 Å². The highest BCUT2D eigenvalue weighted by Crippen LogP contribution is 2.40. The molecule has 0 radical (unpaired) electrons. The second kappa shape index (κ2) is 12.6. The first-order valence-electron chi connectivity index (χ1n) is 18.0. The van der Waals surface area contributed by atoms with E-state index < -0.39 is 0 Å². The van der Waals surface area contributed by atoms with Crippen LogP contribution in [-0.2, 0) is 0 Å². The molecule has 53 heavy (non-hydrogen) atoms. The number of anilines is 3. The van der Waals surface area contributed by atoms with Crippen molar-refractivity contribution in [1.29, 1.82) is 0 Å². The summed E-state index contributed by atoms with van der Waals surface area (Å²) in [6.45, 7) is 2.19. The lowest BCUT2D eigenvalue weighted by Gasteiger charge is -2.25. The van der Waals surface area contributed by atoms with Crippen molar-refractivity contribution in [2.75, 3.05) is 4.90 Å². The summed E-state index contributed by atoms with van der Waals surface area (Å²) in [5.74, 6) is 0. The Balaban J connectivity index is 1.01. The Morgan fingerprint density at radius 3 is 1.91 bits per heavy atom. The van der Waals surface area contributed by atoms with Gasteiger partial charge in [-0.3, -0.25) is 9.97 Å². The van der Waals surface area contributed by atoms with Gasteiger partial charge in [0.2, 0.25) is 0 Å². The number of rotatable bonds is 6. The molecular formula is C49H34N4. The van der Waals surface area contributed by atoms with E-state index in [0.29, 0.717) is 0 Å². The normalized spacial score (nSPS) is 11.5. The number of hydrogen-bond acceptors (Lipinski definition) is 3. The Morgan fingerprint density at radius 1 is 0.453 bits per heavy atom. The Hall–Kier alpha value is -7.04. The number of pyridine rings is 2. The van der Waals surface area contributed by atoms with Gasteiger partial charge in [-0.15, -0.1) is 0 Å². The van der Waals surface area contributed by atoms with Crippen molar-refractivity contribution in [2.24, 2.45) is 0 Å². The molecule has 10 rings (SSSR count). The Kier molecular flexibility index (Phi) is 7.33. The van der Waals surface area contributed by atoms with Crippen molar-refractivity contribution in [1.82, 2.24) is 14.5 Å². The highest BCUT2D eigenvalue weighted by molar-refractivity contribution is 6.11. The Morgan fingerprint density at radius 2 is 1.13 bits per heavy atom. The standard InChI is InChI=1S/C49H34N4/c1-33-29-36(38-30-37-19-18-35-11-10-28-50-48(35)49(37)51-32-38)22-26-43(33)34-20-23-41(24-21-34)53-46-17-9-8-16-44(46)45-31-42(25-27-47(45)53)52(39-12-4-2-5-13-39)40-14-6-3-7-15-40/h2-32H,1H3. The topological polar surface area (TPSA) is 34.0 Å². The third-order valence-electron chi connectivity index (χ3n) is 10.4. The van der Waals surface area contributed by atoms with Gasteiger partial charge < -0.3 is 9.47 Å². The van der Waals surface area contributed by atoms with Gasteiger partial charge in [0, 0.05) is 62.3 Å². The summed E-state index contributed by atoms with van der Waals surface area (Å²) in [7, 11) is 0. The minimum absolute atomic E-state index is 0.935. The zero-order valence-corrected chi connectivity index (χ0v) is 29.2. The molecule has 7 aromatic carbocycles. The number of para-hydroxylation sites is 3. The van der Waals surface area contributed by atoms with Crippen LogP contribution in [0.4, 0.5) is 17.1 Å². The molecule has 3 aromatic heterocycles. The molecule has 0 aliphatic rings. The maximum absolute atomic E-state index is 4.85. The summed E-state index contributed by atoms with van der Waals surface area (Å²) >= 11 is 0. The lowest BCUT2D eigenvalue weighted by atomic mass is 9.95. The lowest BCUT2D eigenvalue weighted by Crippen LogP contribution is -2.09. The van der Waals surface area contributed by atoms with E-state index in [0.717, 1.165) is 55.7 Å². The second-order valence-corrected chi connectivity index (χ2v) is 13.6. The smallest absolute Gasteiger partial charge is 0.0964 e. The van der Waals surface area contributed by atoms with E-state index in [2.05, 4.69) is 191 Å². The zero-order chi connectivity index (χ0) is 35.3. The summed E-state index contributed by atoms with van der Waals surface area (Å²) < 4.78 is 2.38. The van der Waals surface area contributed by atoms with E-state index >= 15 is 0 Å². The quantitative estimate of drug-likeness (QED) is 0.164. The van der Waals surface area contributed by atoms with Crippen molar-refractivity contribution in [3.63, 3.8) is 0 Å². The third-order valence-corrected chi connectivity index (χ3v) is 10.4. The summed E-state index contributed by atoms with van der Waals surface area (Å²) in [5, 5.41) is 4.65. The number of nitrogens with zero attached hydrogens (tertiary/aromatic N) is 4. The van der Waals surface area contributed by atoms with Crippen LogP contribution in [0.5, 0.6) is 0 Å². The fourth-order valence-corrected chi connectivity index (χ4v) is 7.83. The largest absolute Gasteiger partial charge is 0.310 e. The minimum atomic E-state index is 0.935. The van der Waals surface area contributed by atoms with E-state index in [1.165, 1.54) is 38.5 Å². The van der Waals surface area contributed by atoms with Crippen molar-refractivity contribution in [3.8, 4) is 27.9 Å². The molecule has 0 fully saturated rings. The van der Waals surface area contributed by atoms with E-state index in [9.17, 15) is 0 Å². The SMILES string of the molecule is Cc1cc(-c2cnc3c(ccc4cccnc43)c2)ccc1-c1ccc(-n2c3ccccc3c3cc(N(c4ccccc4)c4ccccc4)ccc32)cc1. The van der Waals surface area contributed by atoms with Crippen LogP contribution in [-0.4, -0.2) is 14.5 Å². The van der Waals surface area contributed by atoms with Gasteiger partial charge in [-0.1, -0.05) is 103 Å². The highest BCUT2D eigenvalue weighted by Gasteiger charge is 2.17. The summed E-state index contributed by atoms with van der Waals surface area (Å²) in [6.07, 6.45) is 3.80. The second-order valence-electron chi connectivity index (χ2n) is 13.6. The number of fused-ring (bicyclic) bond motifs is 6. The molecule has 0 aliphatic carbocycles. The first kappa shape index (κ1) is 30.8. The van der Waals surface area contributed by atoms with Crippen LogP contribution in [0.25, 0.3) is 71.6 Å². The van der Waals surface area contributed by atoms with Crippen molar-refractivity contribution in [3.05, 3.63) is 194 Å². The lowest BCUT2D eigenvalue weighted by molar-refractivity contribution is 1.18. The summed E-state index contributed by atoms with van der Waals surface area (Å²) in [6, 6.07) is 62.9. The zero-order valence-electron chi connectivity index (χ0n) is 29.2. The van der Waals surface area contributed by atoms with Gasteiger partial charge in [0.05, 0.1) is 22.1 Å². The van der Waals surface area contributed by atoms with Crippen LogP contribution in [0.2, 0.25) is 0 Å². The molecule has 3 heterocycles. The fourth-order valence-electron chi connectivity index (χ4n) is 7.83. The van der Waals surface area contributed by atoms with Gasteiger partial charge in [0.15, 0.2) is 0 Å². The summed E-state index contributed by atoms with van der Waals surface area (Å²) in [4.78, 5) is 11.8. The predicted molar refractivity (Wildman–Crippen MR) is 222 cm³/mol. The molecule has 0 saturated heterocycles. The van der Waals surface area contributed by atoms with Gasteiger partial charge >= 0.3 is 0 Å². The van der Waals surface area contributed by atoms with Crippen LogP contribution >= 0.6 is 0 Å². The molecule has 4 heteroatoms. The molecule has 0 unspecified atom stereocenters. The average molecular weight is 679 g/mol. The molecule has 0 bridgehead atoms. The molecule has 10 aromatic rings. The summed E-state index contributed by atoms with van der Waals surface area (Å²) in [5.41, 5.74) is 14.6. The first-order valence-corrected chi connectivity index (χ1v) is 18.0. The molecular weight excluding hydrogens is 645 g/mol. The van der Waals surface area contributed by atoms with Gasteiger partial charge in [0.1, 0.15) is 0 Å². The number of benzene rings is 7. The van der Waals surface area contributed by atoms with Crippen LogP contribution in [0.1, 0.15) is 5.56 Å². The molecule has 0 saturated carbocycles. The molecule has 4 nitrogen and oxygen atoms in total. The molecule has 250 valence electrons. The van der Waals surface area contributed by atoms with Crippen LogP contribution in [0.15, 0.2) is 188 Å². The van der Waals surface area contributed by atoms with Crippen molar-refractivity contribution in [2.45, 2.75) is 6.92 Å². The van der Waals surface area contributed by atoms with E-state index in [-0.39, 0.29) is 0 Å². The van der Waals surface area contributed by atoms with Crippen LogP contribution in [0.3, 0.4) is 0 Å². The van der Waals surface area contributed by atoms with Gasteiger partial charge in [-0.05, 0) is 102 Å². The number of aryl methyl sites for hydroxylation is 1. The van der Waals surface area contributed by atoms with Crippen LogP contribution in [0, 0.1) is 6.92 Å². The van der Waals surface area contributed by atoms with Crippen molar-refractivity contribution >= 4 is 60.7 Å². The van der Waals surface area contributed by atoms with Gasteiger partial charge in [-0.25, -0.2) is 0 Å². The first-order chi connectivity index (χ1) is 26.2. The number of aromatic nitrogens is 3. The molecule has 0 atom stereocenters. The molecule has 0 amide bonds. The van der Waals surface area contributed by atoms with E-state index in [4.69, 9.17) is 4.98 Å². The number of hydrogen-bond donors (Lipinski definition) is 0. The molecule has 0 spiro atoms. The fraction of sp³-hybridized carbons (Fsp3) is 0.0204. The maximum Gasteiger partial charge on any atom is 0.0964 e. The highest BCUT2D eigenvalue weighted by atomic mass is 15.1. The average Bonchev–Trinajstić information content (AvgIpc) is 3.55. The van der Waals surface area contributed by atoms with E-state index in [1.54, 1.807) is 0 Å². The maximum atomic E-state index is 4.85. The Labute approximate surface area is 307 Å². The third kappa shape index (κ3) is 5.31. The van der Waals surface area contributed by atoms with Crippen molar-refractivity contribution < 1.29 is 0 Å². The van der Waals surface area contributed by atoms with Gasteiger partial charge in [0.25, 0.3) is 0 Å². The Bertz CT molecular complexity index is 2910. The predicted octanol–water partition coefficient (Wildman–Crippen LogP) is 13.0. The minimum Gasteiger partial charge on any atom is -0.310 e. The van der Waals surface area contributed by atoms with Crippen LogP contribution < -0.4 is 4.90 Å².